The predicted molar refractivity (Wildman–Crippen MR) is 103 cm³/mol. The first kappa shape index (κ1) is 24.3. The van der Waals surface area contributed by atoms with E-state index >= 15 is 0 Å². The van der Waals surface area contributed by atoms with Crippen LogP contribution in [-0.4, -0.2) is 110 Å². The zero-order valence-corrected chi connectivity index (χ0v) is 17.0. The van der Waals surface area contributed by atoms with Crippen LogP contribution in [-0.2, 0) is 20.6 Å². The number of hydrogen-bond acceptors (Lipinski definition) is 11. The van der Waals surface area contributed by atoms with Crippen molar-refractivity contribution < 1.29 is 54.7 Å². The highest BCUT2D eigenvalue weighted by Crippen LogP contribution is 2.30. The van der Waals surface area contributed by atoms with Gasteiger partial charge in [-0.15, -0.1) is 0 Å². The third kappa shape index (κ3) is 5.17. The Balaban J connectivity index is 1.70. The van der Waals surface area contributed by atoms with Gasteiger partial charge in [0.2, 0.25) is 6.29 Å². The van der Waals surface area contributed by atoms with Crippen molar-refractivity contribution in [2.75, 3.05) is 13.2 Å². The average Bonchev–Trinajstić information content (AvgIpc) is 2.79. The van der Waals surface area contributed by atoms with Gasteiger partial charge in [-0.25, -0.2) is 0 Å². The van der Waals surface area contributed by atoms with Gasteiger partial charge in [0.15, 0.2) is 6.29 Å². The molecule has 10 atom stereocenters. The maximum absolute atomic E-state index is 10.6. The van der Waals surface area contributed by atoms with Crippen molar-refractivity contribution in [1.29, 1.82) is 0 Å². The summed E-state index contributed by atoms with van der Waals surface area (Å²) in [5.41, 5.74) is 1.08. The van der Waals surface area contributed by atoms with Gasteiger partial charge in [-0.3, -0.25) is 0 Å². The molecule has 1 aromatic rings. The highest BCUT2D eigenvalue weighted by atomic mass is 16.7. The topological polar surface area (TPSA) is 179 Å². The molecule has 176 valence electrons. The zero-order valence-electron chi connectivity index (χ0n) is 17.0. The third-order valence-electron chi connectivity index (χ3n) is 5.54. The molecular formula is C20H30O11. The number of hydrogen-bond donors (Lipinski definition) is 7. The summed E-state index contributed by atoms with van der Waals surface area (Å²) in [4.78, 5) is 0. The van der Waals surface area contributed by atoms with Crippen molar-refractivity contribution in [3.63, 3.8) is 0 Å². The second kappa shape index (κ2) is 10.5. The highest BCUT2D eigenvalue weighted by Gasteiger charge is 2.51. The maximum Gasteiger partial charge on any atom is 0.229 e. The van der Waals surface area contributed by atoms with E-state index in [1.807, 2.05) is 19.1 Å². The first-order valence-electron chi connectivity index (χ1n) is 10.1. The summed E-state index contributed by atoms with van der Waals surface area (Å²) in [6, 6.07) is 7.06. The fourth-order valence-corrected chi connectivity index (χ4v) is 3.59. The molecule has 0 radical (unpaired) electrons. The SMILES string of the molecule is CCc1ccc(O[C@H]2O[C@@H](CO)[C@@H](O[C@H]3O[C@@H](CO)[C@@H](O)[C@@H](O)[C@H]3O)[C@@H](O)[C@H]2O)cc1. The number of aryl methyl sites for hydroxylation is 1. The van der Waals surface area contributed by atoms with E-state index in [4.69, 9.17) is 18.9 Å². The van der Waals surface area contributed by atoms with Crippen LogP contribution in [0.5, 0.6) is 5.75 Å². The second-order valence-corrected chi connectivity index (χ2v) is 7.62. The van der Waals surface area contributed by atoms with Crippen molar-refractivity contribution >= 4 is 0 Å². The molecule has 0 saturated carbocycles. The van der Waals surface area contributed by atoms with E-state index in [-0.39, 0.29) is 0 Å². The molecule has 0 spiro atoms. The van der Waals surface area contributed by atoms with Gasteiger partial charge in [-0.1, -0.05) is 19.1 Å². The van der Waals surface area contributed by atoms with E-state index in [0.29, 0.717) is 5.75 Å². The number of benzene rings is 1. The lowest BCUT2D eigenvalue weighted by molar-refractivity contribution is -0.352. The summed E-state index contributed by atoms with van der Waals surface area (Å²) in [6.45, 7) is 0.718. The normalized spacial score (nSPS) is 41.2. The molecular weight excluding hydrogens is 416 g/mol. The molecule has 2 aliphatic heterocycles. The molecule has 0 unspecified atom stereocenters. The molecule has 0 bridgehead atoms. The number of ether oxygens (including phenoxy) is 4. The van der Waals surface area contributed by atoms with E-state index in [2.05, 4.69) is 0 Å². The van der Waals surface area contributed by atoms with Crippen LogP contribution in [0.1, 0.15) is 12.5 Å². The minimum atomic E-state index is -1.72. The van der Waals surface area contributed by atoms with Gasteiger partial charge in [0.1, 0.15) is 54.6 Å². The molecule has 3 rings (SSSR count). The summed E-state index contributed by atoms with van der Waals surface area (Å²) in [5.74, 6) is 0.387. The van der Waals surface area contributed by atoms with Crippen LogP contribution in [0.3, 0.4) is 0 Å². The molecule has 11 heteroatoms. The van der Waals surface area contributed by atoms with Crippen LogP contribution in [0.4, 0.5) is 0 Å². The lowest BCUT2D eigenvalue weighted by Gasteiger charge is -2.45. The Morgan fingerprint density at radius 2 is 1.32 bits per heavy atom. The van der Waals surface area contributed by atoms with Crippen molar-refractivity contribution in [2.45, 2.75) is 74.8 Å². The van der Waals surface area contributed by atoms with Crippen molar-refractivity contribution in [3.05, 3.63) is 29.8 Å². The van der Waals surface area contributed by atoms with E-state index in [1.165, 1.54) is 0 Å². The fourth-order valence-electron chi connectivity index (χ4n) is 3.59. The first-order valence-corrected chi connectivity index (χ1v) is 10.1. The van der Waals surface area contributed by atoms with Gasteiger partial charge < -0.3 is 54.7 Å². The summed E-state index contributed by atoms with van der Waals surface area (Å²) in [5, 5.41) is 70.0. The third-order valence-corrected chi connectivity index (χ3v) is 5.54. The molecule has 0 aromatic heterocycles. The smallest absolute Gasteiger partial charge is 0.229 e. The summed E-state index contributed by atoms with van der Waals surface area (Å²) in [7, 11) is 0. The molecule has 2 fully saturated rings. The largest absolute Gasteiger partial charge is 0.462 e. The molecule has 0 amide bonds. The van der Waals surface area contributed by atoms with Crippen molar-refractivity contribution in [3.8, 4) is 5.75 Å². The molecule has 31 heavy (non-hydrogen) atoms. The molecule has 0 aliphatic carbocycles. The standard InChI is InChI=1S/C20H30O11/c1-2-9-3-5-10(6-4-9)28-19-17(27)15(25)18(12(8-22)30-19)31-20-16(26)14(24)13(23)11(7-21)29-20/h3-6,11-27H,2,7-8H2,1H3/t11-,12-,13+,14+,15-,16+,17+,18+,19-,20+/m0/s1. The maximum atomic E-state index is 10.6. The Kier molecular flexibility index (Phi) is 8.21. The number of rotatable bonds is 7. The molecule has 2 aliphatic rings. The van der Waals surface area contributed by atoms with Gasteiger partial charge in [0, 0.05) is 0 Å². The van der Waals surface area contributed by atoms with Gasteiger partial charge in [-0.05, 0) is 24.1 Å². The van der Waals surface area contributed by atoms with E-state index < -0.39 is 74.6 Å². The van der Waals surface area contributed by atoms with Gasteiger partial charge in [0.25, 0.3) is 0 Å². The number of aliphatic hydroxyl groups is 7. The van der Waals surface area contributed by atoms with Crippen molar-refractivity contribution in [1.82, 2.24) is 0 Å². The van der Waals surface area contributed by atoms with Crippen LogP contribution in [0.25, 0.3) is 0 Å². The highest BCUT2D eigenvalue weighted by molar-refractivity contribution is 5.27. The molecule has 1 aromatic carbocycles. The lowest BCUT2D eigenvalue weighted by atomic mass is 9.97. The predicted octanol–water partition coefficient (Wildman–Crippen LogP) is -2.75. The first-order chi connectivity index (χ1) is 14.8. The van der Waals surface area contributed by atoms with Crippen LogP contribution < -0.4 is 4.74 Å². The van der Waals surface area contributed by atoms with E-state index in [9.17, 15) is 35.7 Å². The van der Waals surface area contributed by atoms with Gasteiger partial charge in [-0.2, -0.15) is 0 Å². The number of aliphatic hydroxyl groups excluding tert-OH is 7. The van der Waals surface area contributed by atoms with Crippen LogP contribution in [0, 0.1) is 0 Å². The second-order valence-electron chi connectivity index (χ2n) is 7.62. The van der Waals surface area contributed by atoms with Gasteiger partial charge >= 0.3 is 0 Å². The van der Waals surface area contributed by atoms with Crippen LogP contribution >= 0.6 is 0 Å². The zero-order chi connectivity index (χ0) is 22.7. The summed E-state index contributed by atoms with van der Waals surface area (Å²) >= 11 is 0. The van der Waals surface area contributed by atoms with Crippen LogP contribution in [0.15, 0.2) is 24.3 Å². The quantitative estimate of drug-likeness (QED) is 0.231. The lowest BCUT2D eigenvalue weighted by Crippen LogP contribution is -2.65. The Hall–Kier alpha value is -1.38. The minimum Gasteiger partial charge on any atom is -0.462 e. The molecule has 11 nitrogen and oxygen atoms in total. The molecule has 2 saturated heterocycles. The Labute approximate surface area is 179 Å². The fraction of sp³-hybridized carbons (Fsp3) is 0.700. The Morgan fingerprint density at radius 3 is 1.90 bits per heavy atom. The molecule has 7 N–H and O–H groups in total. The summed E-state index contributed by atoms with van der Waals surface area (Å²) < 4.78 is 21.9. The molecule has 2 heterocycles. The Morgan fingerprint density at radius 1 is 0.742 bits per heavy atom. The monoisotopic (exact) mass is 446 g/mol. The van der Waals surface area contributed by atoms with E-state index in [1.54, 1.807) is 12.1 Å². The summed E-state index contributed by atoms with van der Waals surface area (Å²) in [6.07, 6.45) is -14.0. The Bertz CT molecular complexity index is 682. The van der Waals surface area contributed by atoms with Crippen molar-refractivity contribution in [2.24, 2.45) is 0 Å². The van der Waals surface area contributed by atoms with E-state index in [0.717, 1.165) is 12.0 Å². The average molecular weight is 446 g/mol. The van der Waals surface area contributed by atoms with Crippen LogP contribution in [0.2, 0.25) is 0 Å². The minimum absolute atomic E-state index is 0.387. The van der Waals surface area contributed by atoms with Gasteiger partial charge in [0.05, 0.1) is 13.2 Å².